The minimum absolute atomic E-state index is 0.169. The zero-order valence-electron chi connectivity index (χ0n) is 7.31. The van der Waals surface area contributed by atoms with Crippen molar-refractivity contribution in [2.75, 3.05) is 5.32 Å². The van der Waals surface area contributed by atoms with E-state index in [1.165, 1.54) is 11.3 Å². The molecule has 2 rings (SSSR count). The summed E-state index contributed by atoms with van der Waals surface area (Å²) in [6.45, 7) is 0. The second-order valence-electron chi connectivity index (χ2n) is 2.69. The van der Waals surface area contributed by atoms with E-state index < -0.39 is 0 Å². The third kappa shape index (κ3) is 1.97. The molecule has 1 amide bonds. The molecule has 0 unspecified atom stereocenters. The van der Waals surface area contributed by atoms with Gasteiger partial charge in [0, 0.05) is 11.1 Å². The lowest BCUT2D eigenvalue weighted by Gasteiger charge is -2.01. The molecule has 0 aliphatic heterocycles. The first-order valence-corrected chi connectivity index (χ1v) is 5.05. The Hall–Kier alpha value is -1.68. The Morgan fingerprint density at radius 1 is 1.29 bits per heavy atom. The lowest BCUT2D eigenvalue weighted by molar-refractivity contribution is 0.102. The molecule has 70 valence electrons. The molecule has 0 saturated heterocycles. The van der Waals surface area contributed by atoms with Crippen molar-refractivity contribution in [3.8, 4) is 0 Å². The monoisotopic (exact) mass is 204 g/mol. The fourth-order valence-corrected chi connectivity index (χ4v) is 1.57. The van der Waals surface area contributed by atoms with E-state index >= 15 is 0 Å². The van der Waals surface area contributed by atoms with Gasteiger partial charge in [-0.05, 0) is 12.1 Å². The lowest BCUT2D eigenvalue weighted by atomic mass is 10.3. The van der Waals surface area contributed by atoms with E-state index in [4.69, 9.17) is 0 Å². The number of aromatic nitrogens is 1. The Balaban J connectivity index is 2.10. The first-order chi connectivity index (χ1) is 6.86. The molecule has 0 aliphatic rings. The maximum absolute atomic E-state index is 11.5. The SMILES string of the molecule is O=C(Nc1ccccc1)c1cscn1. The number of carbonyl (C=O) groups excluding carboxylic acids is 1. The summed E-state index contributed by atoms with van der Waals surface area (Å²) in [6.07, 6.45) is 0. The van der Waals surface area contributed by atoms with E-state index in [1.807, 2.05) is 30.3 Å². The summed E-state index contributed by atoms with van der Waals surface area (Å²) in [4.78, 5) is 15.4. The Labute approximate surface area is 85.4 Å². The Morgan fingerprint density at radius 2 is 2.07 bits per heavy atom. The van der Waals surface area contributed by atoms with Crippen molar-refractivity contribution < 1.29 is 4.79 Å². The van der Waals surface area contributed by atoms with Crippen LogP contribution in [0.5, 0.6) is 0 Å². The van der Waals surface area contributed by atoms with E-state index in [1.54, 1.807) is 10.9 Å². The number of hydrogen-bond donors (Lipinski definition) is 1. The molecule has 1 heterocycles. The van der Waals surface area contributed by atoms with Crippen LogP contribution in [0.2, 0.25) is 0 Å². The molecule has 3 nitrogen and oxygen atoms in total. The Bertz CT molecular complexity index is 411. The zero-order valence-corrected chi connectivity index (χ0v) is 8.12. The number of thiazole rings is 1. The van der Waals surface area contributed by atoms with Crippen molar-refractivity contribution >= 4 is 22.9 Å². The largest absolute Gasteiger partial charge is 0.321 e. The molecule has 0 aliphatic carbocycles. The quantitative estimate of drug-likeness (QED) is 0.816. The van der Waals surface area contributed by atoms with Gasteiger partial charge >= 0.3 is 0 Å². The van der Waals surface area contributed by atoms with E-state index in [9.17, 15) is 4.79 Å². The summed E-state index contributed by atoms with van der Waals surface area (Å²) in [7, 11) is 0. The van der Waals surface area contributed by atoms with Gasteiger partial charge in [-0.3, -0.25) is 4.79 Å². The van der Waals surface area contributed by atoms with Gasteiger partial charge in [-0.15, -0.1) is 11.3 Å². The number of para-hydroxylation sites is 1. The molecule has 1 N–H and O–H groups in total. The summed E-state index contributed by atoms with van der Waals surface area (Å²) >= 11 is 1.41. The van der Waals surface area contributed by atoms with Crippen LogP contribution in [0, 0.1) is 0 Å². The molecule has 0 atom stereocenters. The van der Waals surface area contributed by atoms with Crippen LogP contribution in [0.25, 0.3) is 0 Å². The number of hydrogen-bond acceptors (Lipinski definition) is 3. The third-order valence-electron chi connectivity index (χ3n) is 1.70. The van der Waals surface area contributed by atoms with Gasteiger partial charge in [-0.2, -0.15) is 0 Å². The highest BCUT2D eigenvalue weighted by atomic mass is 32.1. The first-order valence-electron chi connectivity index (χ1n) is 4.11. The van der Waals surface area contributed by atoms with Crippen LogP contribution in [0.1, 0.15) is 10.5 Å². The molecular weight excluding hydrogens is 196 g/mol. The second-order valence-corrected chi connectivity index (χ2v) is 3.41. The van der Waals surface area contributed by atoms with Crippen LogP contribution in [0.3, 0.4) is 0 Å². The number of amides is 1. The van der Waals surface area contributed by atoms with Crippen LogP contribution >= 0.6 is 11.3 Å². The van der Waals surface area contributed by atoms with Crippen molar-refractivity contribution in [1.29, 1.82) is 0 Å². The zero-order chi connectivity index (χ0) is 9.80. The maximum atomic E-state index is 11.5. The molecular formula is C10H8N2OS. The number of carbonyl (C=O) groups is 1. The van der Waals surface area contributed by atoms with Crippen LogP contribution in [0.15, 0.2) is 41.2 Å². The standard InChI is InChI=1S/C10H8N2OS/c13-10(9-6-14-7-11-9)12-8-4-2-1-3-5-8/h1-7H,(H,12,13). The molecule has 1 aromatic carbocycles. The Kier molecular flexibility index (Phi) is 2.55. The number of anilines is 1. The fraction of sp³-hybridized carbons (Fsp3) is 0. The van der Waals surface area contributed by atoms with Gasteiger partial charge in [-0.1, -0.05) is 18.2 Å². The van der Waals surface area contributed by atoms with Crippen molar-refractivity contribution in [1.82, 2.24) is 4.98 Å². The van der Waals surface area contributed by atoms with Crippen molar-refractivity contribution in [2.45, 2.75) is 0 Å². The van der Waals surface area contributed by atoms with Gasteiger partial charge in [0.1, 0.15) is 5.69 Å². The topological polar surface area (TPSA) is 42.0 Å². The lowest BCUT2D eigenvalue weighted by Crippen LogP contribution is -2.11. The highest BCUT2D eigenvalue weighted by Gasteiger charge is 2.06. The van der Waals surface area contributed by atoms with Crippen molar-refractivity contribution in [2.24, 2.45) is 0 Å². The van der Waals surface area contributed by atoms with Crippen LogP contribution in [0.4, 0.5) is 5.69 Å². The van der Waals surface area contributed by atoms with Gasteiger partial charge in [0.2, 0.25) is 0 Å². The number of benzene rings is 1. The summed E-state index contributed by atoms with van der Waals surface area (Å²) < 4.78 is 0. The van der Waals surface area contributed by atoms with Crippen LogP contribution < -0.4 is 5.32 Å². The predicted octanol–water partition coefficient (Wildman–Crippen LogP) is 2.40. The summed E-state index contributed by atoms with van der Waals surface area (Å²) in [5, 5.41) is 4.47. The predicted molar refractivity (Wildman–Crippen MR) is 56.5 cm³/mol. The summed E-state index contributed by atoms with van der Waals surface area (Å²) in [5.74, 6) is -0.169. The van der Waals surface area contributed by atoms with Crippen LogP contribution in [-0.2, 0) is 0 Å². The normalized spacial score (nSPS) is 9.71. The van der Waals surface area contributed by atoms with Crippen molar-refractivity contribution in [3.05, 3.63) is 46.9 Å². The fourth-order valence-electron chi connectivity index (χ4n) is 1.04. The minimum atomic E-state index is -0.169. The second kappa shape index (κ2) is 4.02. The van der Waals surface area contributed by atoms with Gasteiger partial charge in [0.25, 0.3) is 5.91 Å². The highest BCUT2D eigenvalue weighted by molar-refractivity contribution is 7.07. The molecule has 0 bridgehead atoms. The molecule has 0 spiro atoms. The van der Waals surface area contributed by atoms with E-state index in [-0.39, 0.29) is 5.91 Å². The molecule has 0 fully saturated rings. The molecule has 4 heteroatoms. The van der Waals surface area contributed by atoms with Crippen molar-refractivity contribution in [3.63, 3.8) is 0 Å². The smallest absolute Gasteiger partial charge is 0.275 e. The molecule has 2 aromatic rings. The molecule has 1 aromatic heterocycles. The van der Waals surface area contributed by atoms with Gasteiger partial charge in [-0.25, -0.2) is 4.98 Å². The first kappa shape index (κ1) is 8.90. The minimum Gasteiger partial charge on any atom is -0.321 e. The number of rotatable bonds is 2. The van der Waals surface area contributed by atoms with E-state index in [2.05, 4.69) is 10.3 Å². The molecule has 0 saturated carbocycles. The van der Waals surface area contributed by atoms with E-state index in [0.717, 1.165) is 5.69 Å². The average Bonchev–Trinajstić information content (AvgIpc) is 2.72. The van der Waals surface area contributed by atoms with Gasteiger partial charge in [0.15, 0.2) is 0 Å². The number of nitrogens with zero attached hydrogens (tertiary/aromatic N) is 1. The molecule has 0 radical (unpaired) electrons. The highest BCUT2D eigenvalue weighted by Crippen LogP contribution is 2.08. The van der Waals surface area contributed by atoms with Gasteiger partial charge < -0.3 is 5.32 Å². The van der Waals surface area contributed by atoms with Gasteiger partial charge in [0.05, 0.1) is 5.51 Å². The summed E-state index contributed by atoms with van der Waals surface area (Å²) in [6, 6.07) is 9.32. The number of nitrogens with one attached hydrogen (secondary N) is 1. The average molecular weight is 204 g/mol. The van der Waals surface area contributed by atoms with Crippen LogP contribution in [-0.4, -0.2) is 10.9 Å². The third-order valence-corrected chi connectivity index (χ3v) is 2.28. The maximum Gasteiger partial charge on any atom is 0.275 e. The Morgan fingerprint density at radius 3 is 2.71 bits per heavy atom. The molecule has 14 heavy (non-hydrogen) atoms. The summed E-state index contributed by atoms with van der Waals surface area (Å²) in [5.41, 5.74) is 2.88. The van der Waals surface area contributed by atoms with E-state index in [0.29, 0.717) is 5.69 Å².